The van der Waals surface area contributed by atoms with E-state index in [1.165, 1.54) is 0 Å². The summed E-state index contributed by atoms with van der Waals surface area (Å²) >= 11 is 0. The minimum atomic E-state index is -2.22. The van der Waals surface area contributed by atoms with Crippen LogP contribution in [0, 0.1) is 0 Å². The number of hydrogen-bond acceptors (Lipinski definition) is 3. The lowest BCUT2D eigenvalue weighted by Crippen LogP contribution is -2.35. The first-order valence-corrected chi connectivity index (χ1v) is 7.24. The van der Waals surface area contributed by atoms with Crippen LogP contribution in [-0.2, 0) is 4.79 Å². The van der Waals surface area contributed by atoms with Gasteiger partial charge in [-0.2, -0.15) is 0 Å². The van der Waals surface area contributed by atoms with E-state index in [1.54, 1.807) is 48.5 Å². The molecule has 0 heterocycles. The Morgan fingerprint density at radius 3 is 1.65 bits per heavy atom. The van der Waals surface area contributed by atoms with Crippen LogP contribution >= 0.6 is 0 Å². The van der Waals surface area contributed by atoms with Crippen molar-refractivity contribution in [3.63, 3.8) is 0 Å². The molecule has 0 fully saturated rings. The minimum Gasteiger partial charge on any atom is -0.507 e. The van der Waals surface area contributed by atoms with Crippen LogP contribution in [0.4, 0.5) is 0 Å². The summed E-state index contributed by atoms with van der Waals surface area (Å²) in [6.07, 6.45) is 0. The van der Waals surface area contributed by atoms with Gasteiger partial charge in [-0.15, -0.1) is 0 Å². The van der Waals surface area contributed by atoms with Crippen molar-refractivity contribution in [2.45, 2.75) is 0 Å². The molecule has 2 aromatic carbocycles. The van der Waals surface area contributed by atoms with Gasteiger partial charge in [-0.25, -0.2) is 4.79 Å². The first-order chi connectivity index (χ1) is 9.66. The second-order valence-electron chi connectivity index (χ2n) is 3.90. The fraction of sp³-hybridized carbons (Fsp3) is 0. The van der Waals surface area contributed by atoms with Gasteiger partial charge >= 0.3 is 15.3 Å². The topological polar surface area (TPSA) is 55.8 Å². The van der Waals surface area contributed by atoms with E-state index in [0.29, 0.717) is 11.5 Å². The molecule has 0 atom stereocenters. The second-order valence-corrected chi connectivity index (χ2v) is 5.49. The normalized spacial score (nSPS) is 10.1. The van der Waals surface area contributed by atoms with Gasteiger partial charge < -0.3 is 14.0 Å². The molecular formula is C15H13O4Si. The zero-order valence-electron chi connectivity index (χ0n) is 10.7. The number of carbonyl (C=O) groups is 1. The average Bonchev–Trinajstić information content (AvgIpc) is 2.48. The molecule has 0 saturated heterocycles. The molecule has 0 amide bonds. The zero-order chi connectivity index (χ0) is 14.4. The maximum Gasteiger partial charge on any atom is 0.579 e. The molecule has 0 unspecified atom stereocenters. The van der Waals surface area contributed by atoms with Gasteiger partial charge in [-0.05, 0) is 24.3 Å². The van der Waals surface area contributed by atoms with Crippen molar-refractivity contribution in [1.29, 1.82) is 0 Å². The Hall–Kier alpha value is -2.53. The Kier molecular flexibility index (Phi) is 4.57. The van der Waals surface area contributed by atoms with Crippen molar-refractivity contribution >= 4 is 15.3 Å². The first-order valence-electron chi connectivity index (χ1n) is 5.92. The summed E-state index contributed by atoms with van der Waals surface area (Å²) in [6, 6.07) is 17.9. The number of benzene rings is 2. The summed E-state index contributed by atoms with van der Waals surface area (Å²) in [5.41, 5.74) is 0. The number of hydrogen-bond donors (Lipinski definition) is 1. The van der Waals surface area contributed by atoms with E-state index < -0.39 is 15.3 Å². The molecule has 0 saturated carbocycles. The average molecular weight is 285 g/mol. The van der Waals surface area contributed by atoms with Crippen molar-refractivity contribution in [3.05, 3.63) is 72.4 Å². The van der Waals surface area contributed by atoms with Crippen LogP contribution in [0.1, 0.15) is 0 Å². The Morgan fingerprint density at radius 2 is 1.30 bits per heavy atom. The van der Waals surface area contributed by atoms with Crippen LogP contribution < -0.4 is 8.85 Å². The van der Waals surface area contributed by atoms with Gasteiger partial charge in [0.15, 0.2) is 0 Å². The number of aliphatic carboxylic acids is 1. The highest BCUT2D eigenvalue weighted by Gasteiger charge is 2.30. The van der Waals surface area contributed by atoms with Crippen LogP contribution in [-0.4, -0.2) is 20.4 Å². The van der Waals surface area contributed by atoms with Gasteiger partial charge in [0.05, 0.1) is 5.20 Å². The summed E-state index contributed by atoms with van der Waals surface area (Å²) < 4.78 is 11.3. The van der Waals surface area contributed by atoms with Crippen molar-refractivity contribution in [3.8, 4) is 11.5 Å². The summed E-state index contributed by atoms with van der Waals surface area (Å²) in [6.45, 7) is 3.54. The molecule has 2 aromatic rings. The van der Waals surface area contributed by atoms with Gasteiger partial charge in [0, 0.05) is 0 Å². The van der Waals surface area contributed by atoms with E-state index in [4.69, 9.17) is 14.0 Å². The van der Waals surface area contributed by atoms with Gasteiger partial charge in [0.1, 0.15) is 11.5 Å². The van der Waals surface area contributed by atoms with Crippen molar-refractivity contribution in [1.82, 2.24) is 0 Å². The quantitative estimate of drug-likeness (QED) is 0.655. The smallest absolute Gasteiger partial charge is 0.507 e. The maximum absolute atomic E-state index is 11.1. The van der Waals surface area contributed by atoms with E-state index in [0.717, 1.165) is 0 Å². The number of rotatable bonds is 6. The SMILES string of the molecule is C=C(C(=O)O)[Si](Oc1ccccc1)Oc1ccccc1. The molecule has 0 aliphatic carbocycles. The molecule has 0 spiro atoms. The van der Waals surface area contributed by atoms with E-state index >= 15 is 0 Å². The number of para-hydroxylation sites is 2. The van der Waals surface area contributed by atoms with Gasteiger partial charge in [-0.3, -0.25) is 0 Å². The summed E-state index contributed by atoms with van der Waals surface area (Å²) in [7, 11) is -2.22. The monoisotopic (exact) mass is 285 g/mol. The van der Waals surface area contributed by atoms with Crippen LogP contribution in [0.15, 0.2) is 72.4 Å². The fourth-order valence-electron chi connectivity index (χ4n) is 1.42. The molecule has 0 aliphatic heterocycles. The van der Waals surface area contributed by atoms with Gasteiger partial charge in [0.25, 0.3) is 0 Å². The highest BCUT2D eigenvalue weighted by Crippen LogP contribution is 2.17. The Bertz CT molecular complexity index is 542. The minimum absolute atomic E-state index is 0.0669. The van der Waals surface area contributed by atoms with Crippen molar-refractivity contribution < 1.29 is 18.8 Å². The predicted molar refractivity (Wildman–Crippen MR) is 76.7 cm³/mol. The van der Waals surface area contributed by atoms with E-state index in [2.05, 4.69) is 6.58 Å². The standard InChI is InChI=1S/C15H13O4Si/c1-12(15(16)17)20(18-13-8-4-2-5-9-13)19-14-10-6-3-7-11-14/h2-11H,1H2,(H,16,17). The third kappa shape index (κ3) is 3.73. The molecule has 20 heavy (non-hydrogen) atoms. The second kappa shape index (κ2) is 6.58. The molecule has 4 nitrogen and oxygen atoms in total. The number of carboxylic acids is 1. The lowest BCUT2D eigenvalue weighted by atomic mass is 10.3. The van der Waals surface area contributed by atoms with E-state index in [-0.39, 0.29) is 5.20 Å². The first kappa shape index (κ1) is 13.9. The number of carboxylic acid groups (broad SMARTS) is 1. The molecule has 0 bridgehead atoms. The highest BCUT2D eigenvalue weighted by atomic mass is 28.3. The van der Waals surface area contributed by atoms with Crippen molar-refractivity contribution in [2.24, 2.45) is 0 Å². The molecule has 101 valence electrons. The van der Waals surface area contributed by atoms with Crippen LogP contribution in [0.2, 0.25) is 0 Å². The van der Waals surface area contributed by atoms with Gasteiger partial charge in [0.2, 0.25) is 0 Å². The third-order valence-corrected chi connectivity index (χ3v) is 3.96. The predicted octanol–water partition coefficient (Wildman–Crippen LogP) is 2.81. The summed E-state index contributed by atoms with van der Waals surface area (Å²) in [4.78, 5) is 11.1. The Morgan fingerprint density at radius 1 is 0.900 bits per heavy atom. The molecular weight excluding hydrogens is 272 g/mol. The van der Waals surface area contributed by atoms with Crippen LogP contribution in [0.25, 0.3) is 0 Å². The third-order valence-electron chi connectivity index (χ3n) is 2.41. The summed E-state index contributed by atoms with van der Waals surface area (Å²) in [5.74, 6) is -0.00908. The van der Waals surface area contributed by atoms with E-state index in [1.807, 2.05) is 12.1 Å². The molecule has 2 rings (SSSR count). The fourth-order valence-corrected chi connectivity index (χ4v) is 2.59. The zero-order valence-corrected chi connectivity index (χ0v) is 11.7. The van der Waals surface area contributed by atoms with Crippen molar-refractivity contribution in [2.75, 3.05) is 0 Å². The highest BCUT2D eigenvalue weighted by molar-refractivity contribution is 6.61. The molecule has 0 aromatic heterocycles. The molecule has 0 aliphatic rings. The van der Waals surface area contributed by atoms with E-state index in [9.17, 15) is 4.79 Å². The van der Waals surface area contributed by atoms with Gasteiger partial charge in [-0.1, -0.05) is 43.0 Å². The van der Waals surface area contributed by atoms with Crippen LogP contribution in [0.3, 0.4) is 0 Å². The van der Waals surface area contributed by atoms with Crippen LogP contribution in [0.5, 0.6) is 11.5 Å². The lowest BCUT2D eigenvalue weighted by molar-refractivity contribution is -0.132. The molecule has 1 radical (unpaired) electrons. The summed E-state index contributed by atoms with van der Waals surface area (Å²) in [5, 5.41) is 9.01. The Labute approximate surface area is 118 Å². The maximum atomic E-state index is 11.1. The molecule has 5 heteroatoms. The Balaban J connectivity index is 2.17. The molecule has 1 N–H and O–H groups in total. The lowest BCUT2D eigenvalue weighted by Gasteiger charge is -2.16. The largest absolute Gasteiger partial charge is 0.579 e.